The van der Waals surface area contributed by atoms with Gasteiger partial charge >= 0.3 is 0 Å². The molecule has 3 heteroatoms. The molecule has 2 aliphatic rings. The average Bonchev–Trinajstić information content (AvgIpc) is 2.99. The maximum atomic E-state index is 6.16. The van der Waals surface area contributed by atoms with Gasteiger partial charge in [0.05, 0.1) is 0 Å². The number of benzene rings is 1. The van der Waals surface area contributed by atoms with Crippen molar-refractivity contribution in [3.63, 3.8) is 0 Å². The zero-order valence-corrected chi connectivity index (χ0v) is 13.6. The highest BCUT2D eigenvalue weighted by atomic mass is 35.5. The molecule has 4 atom stereocenters. The van der Waals surface area contributed by atoms with Gasteiger partial charge in [-0.05, 0) is 73.7 Å². The van der Waals surface area contributed by atoms with Gasteiger partial charge in [0.1, 0.15) is 0 Å². The van der Waals surface area contributed by atoms with Crippen LogP contribution in [0.2, 0.25) is 10.0 Å². The number of halogens is 2. The van der Waals surface area contributed by atoms with Crippen molar-refractivity contribution >= 4 is 23.2 Å². The standard InChI is InChI=1S/C17H23Cl2N/c1-2-20-17(14-7-15(18)10-16(19)8-14)9-13-6-11-3-4-12(13)5-11/h7-8,10-13,17,20H,2-6,9H2,1H3. The average molecular weight is 312 g/mol. The van der Waals surface area contributed by atoms with Crippen molar-refractivity contribution in [1.82, 2.24) is 5.32 Å². The lowest BCUT2D eigenvalue weighted by atomic mass is 9.83. The van der Waals surface area contributed by atoms with Crippen molar-refractivity contribution in [3.8, 4) is 0 Å². The first-order valence-corrected chi connectivity index (χ1v) is 8.60. The van der Waals surface area contributed by atoms with Gasteiger partial charge in [0, 0.05) is 16.1 Å². The summed E-state index contributed by atoms with van der Waals surface area (Å²) in [7, 11) is 0. The molecule has 0 amide bonds. The van der Waals surface area contributed by atoms with Gasteiger partial charge in [0.15, 0.2) is 0 Å². The van der Waals surface area contributed by atoms with Crippen LogP contribution in [0.5, 0.6) is 0 Å². The normalized spacial score (nSPS) is 29.9. The molecule has 2 aliphatic carbocycles. The van der Waals surface area contributed by atoms with Crippen molar-refractivity contribution in [2.75, 3.05) is 6.54 Å². The molecule has 3 rings (SSSR count). The molecule has 1 aromatic rings. The molecular formula is C17H23Cl2N. The SMILES string of the molecule is CCNC(CC1CC2CCC1C2)c1cc(Cl)cc(Cl)c1. The van der Waals surface area contributed by atoms with Crippen molar-refractivity contribution in [1.29, 1.82) is 0 Å². The second kappa shape index (κ2) is 6.25. The molecule has 0 aromatic heterocycles. The number of fused-ring (bicyclic) bond motifs is 2. The van der Waals surface area contributed by atoms with E-state index in [1.807, 2.05) is 6.07 Å². The van der Waals surface area contributed by atoms with Gasteiger partial charge in [-0.2, -0.15) is 0 Å². The molecular weight excluding hydrogens is 289 g/mol. The van der Waals surface area contributed by atoms with Crippen molar-refractivity contribution in [2.45, 2.75) is 45.1 Å². The first-order valence-electron chi connectivity index (χ1n) is 7.85. The van der Waals surface area contributed by atoms with Crippen molar-refractivity contribution in [2.24, 2.45) is 17.8 Å². The lowest BCUT2D eigenvalue weighted by Gasteiger charge is -2.27. The molecule has 0 heterocycles. The van der Waals surface area contributed by atoms with Gasteiger partial charge in [-0.1, -0.05) is 36.5 Å². The van der Waals surface area contributed by atoms with E-state index in [-0.39, 0.29) is 0 Å². The Labute approximate surface area is 132 Å². The van der Waals surface area contributed by atoms with E-state index >= 15 is 0 Å². The maximum absolute atomic E-state index is 6.16. The maximum Gasteiger partial charge on any atom is 0.0424 e. The van der Waals surface area contributed by atoms with Crippen LogP contribution in [-0.4, -0.2) is 6.54 Å². The summed E-state index contributed by atoms with van der Waals surface area (Å²) in [5, 5.41) is 5.10. The Balaban J connectivity index is 1.74. The molecule has 4 unspecified atom stereocenters. The third-order valence-electron chi connectivity index (χ3n) is 5.16. The Morgan fingerprint density at radius 3 is 2.45 bits per heavy atom. The van der Waals surface area contributed by atoms with Gasteiger partial charge in [-0.3, -0.25) is 0 Å². The van der Waals surface area contributed by atoms with Crippen LogP contribution in [-0.2, 0) is 0 Å². The highest BCUT2D eigenvalue weighted by molar-refractivity contribution is 6.34. The first-order chi connectivity index (χ1) is 9.65. The third-order valence-corrected chi connectivity index (χ3v) is 5.60. The largest absolute Gasteiger partial charge is 0.310 e. The van der Waals surface area contributed by atoms with Crippen LogP contribution in [0.25, 0.3) is 0 Å². The summed E-state index contributed by atoms with van der Waals surface area (Å²) in [4.78, 5) is 0. The minimum absolute atomic E-state index is 0.389. The predicted octanol–water partition coefficient (Wildman–Crippen LogP) is 5.47. The predicted molar refractivity (Wildman–Crippen MR) is 86.4 cm³/mol. The molecule has 2 saturated carbocycles. The number of hydrogen-bond acceptors (Lipinski definition) is 1. The topological polar surface area (TPSA) is 12.0 Å². The minimum atomic E-state index is 0.389. The highest BCUT2D eigenvalue weighted by Gasteiger charge is 2.40. The van der Waals surface area contributed by atoms with E-state index in [1.54, 1.807) is 0 Å². The van der Waals surface area contributed by atoms with Crippen molar-refractivity contribution < 1.29 is 0 Å². The number of rotatable bonds is 5. The Kier molecular flexibility index (Phi) is 4.59. The molecule has 0 aliphatic heterocycles. The molecule has 0 saturated heterocycles. The van der Waals surface area contributed by atoms with E-state index in [4.69, 9.17) is 23.2 Å². The monoisotopic (exact) mass is 311 g/mol. The fraction of sp³-hybridized carbons (Fsp3) is 0.647. The Morgan fingerprint density at radius 2 is 1.90 bits per heavy atom. The van der Waals surface area contributed by atoms with Gasteiger partial charge in [0.25, 0.3) is 0 Å². The molecule has 2 fully saturated rings. The summed E-state index contributed by atoms with van der Waals surface area (Å²) in [5.74, 6) is 2.86. The van der Waals surface area contributed by atoms with Crippen molar-refractivity contribution in [3.05, 3.63) is 33.8 Å². The van der Waals surface area contributed by atoms with Crippen LogP contribution < -0.4 is 5.32 Å². The molecule has 110 valence electrons. The molecule has 1 nitrogen and oxygen atoms in total. The lowest BCUT2D eigenvalue weighted by Crippen LogP contribution is -2.25. The summed E-state index contributed by atoms with van der Waals surface area (Å²) in [6.45, 7) is 3.15. The van der Waals surface area contributed by atoms with Crippen LogP contribution >= 0.6 is 23.2 Å². The fourth-order valence-corrected chi connectivity index (χ4v) is 4.87. The van der Waals surface area contributed by atoms with E-state index < -0.39 is 0 Å². The second-order valence-electron chi connectivity index (χ2n) is 6.48. The van der Waals surface area contributed by atoms with E-state index in [0.717, 1.165) is 34.3 Å². The van der Waals surface area contributed by atoms with Gasteiger partial charge in [-0.25, -0.2) is 0 Å². The van der Waals surface area contributed by atoms with Crippen LogP contribution in [0.4, 0.5) is 0 Å². The zero-order chi connectivity index (χ0) is 14.1. The summed E-state index contributed by atoms with van der Waals surface area (Å²) < 4.78 is 0. The van der Waals surface area contributed by atoms with Crippen LogP contribution in [0, 0.1) is 17.8 Å². The second-order valence-corrected chi connectivity index (χ2v) is 7.36. The summed E-state index contributed by atoms with van der Waals surface area (Å²) in [6.07, 6.45) is 7.05. The molecule has 0 radical (unpaired) electrons. The highest BCUT2D eigenvalue weighted by Crippen LogP contribution is 2.51. The summed E-state index contributed by atoms with van der Waals surface area (Å²) >= 11 is 12.3. The summed E-state index contributed by atoms with van der Waals surface area (Å²) in [6, 6.07) is 6.33. The van der Waals surface area contributed by atoms with E-state index in [9.17, 15) is 0 Å². The quantitative estimate of drug-likeness (QED) is 0.760. The fourth-order valence-electron chi connectivity index (χ4n) is 4.33. The van der Waals surface area contributed by atoms with E-state index in [2.05, 4.69) is 24.4 Å². The third kappa shape index (κ3) is 3.16. The van der Waals surface area contributed by atoms with E-state index in [1.165, 1.54) is 37.7 Å². The molecule has 20 heavy (non-hydrogen) atoms. The molecule has 1 aromatic carbocycles. The van der Waals surface area contributed by atoms with E-state index in [0.29, 0.717) is 6.04 Å². The van der Waals surface area contributed by atoms with Gasteiger partial charge < -0.3 is 5.32 Å². The van der Waals surface area contributed by atoms with Gasteiger partial charge in [-0.15, -0.1) is 0 Å². The minimum Gasteiger partial charge on any atom is -0.310 e. The Hall–Kier alpha value is -0.240. The smallest absolute Gasteiger partial charge is 0.0424 e. The van der Waals surface area contributed by atoms with Crippen LogP contribution in [0.15, 0.2) is 18.2 Å². The Bertz CT molecular complexity index is 454. The summed E-state index contributed by atoms with van der Waals surface area (Å²) in [5.41, 5.74) is 1.24. The lowest BCUT2D eigenvalue weighted by molar-refractivity contribution is 0.280. The molecule has 0 spiro atoms. The zero-order valence-electron chi connectivity index (χ0n) is 12.0. The van der Waals surface area contributed by atoms with Gasteiger partial charge in [0.2, 0.25) is 0 Å². The molecule has 1 N–H and O–H groups in total. The molecule has 2 bridgehead atoms. The number of nitrogens with one attached hydrogen (secondary N) is 1. The first kappa shape index (κ1) is 14.7. The Morgan fingerprint density at radius 1 is 1.15 bits per heavy atom. The van der Waals surface area contributed by atoms with Crippen LogP contribution in [0.1, 0.15) is 50.6 Å². The van der Waals surface area contributed by atoms with Crippen LogP contribution in [0.3, 0.4) is 0 Å². The number of hydrogen-bond donors (Lipinski definition) is 1.